The van der Waals surface area contributed by atoms with Crippen LogP contribution < -0.4 is 9.64 Å². The molecule has 0 bridgehead atoms. The van der Waals surface area contributed by atoms with Gasteiger partial charge < -0.3 is 28.9 Å². The van der Waals surface area contributed by atoms with Crippen LogP contribution >= 0.6 is 0 Å². The molecule has 0 aliphatic carbocycles. The number of ether oxygens (including phenoxy) is 1. The molecule has 0 fully saturated rings. The number of benzene rings is 4. The molecule has 4 aromatic carbocycles. The van der Waals surface area contributed by atoms with Crippen LogP contribution in [-0.2, 0) is 39.4 Å². The SMILES string of the molecule is Cc1c(C(=O)N(C)c2ccccc2)cc(-c2cc3c(cc2C(=O)N2Cc4ccccc4C[C@H]2C)CN(C(=O)Oc2ccccc2CCN(C)C)CC3)n1C. The van der Waals surface area contributed by atoms with E-state index in [4.69, 9.17) is 4.74 Å². The Hall–Kier alpha value is -5.67. The molecule has 278 valence electrons. The number of rotatable bonds is 8. The second-order valence-corrected chi connectivity index (χ2v) is 14.9. The van der Waals surface area contributed by atoms with Crippen LogP contribution in [0.1, 0.15) is 61.2 Å². The van der Waals surface area contributed by atoms with Gasteiger partial charge >= 0.3 is 6.09 Å². The summed E-state index contributed by atoms with van der Waals surface area (Å²) in [5.74, 6) is 0.380. The maximum Gasteiger partial charge on any atom is 0.415 e. The Morgan fingerprint density at radius 3 is 2.26 bits per heavy atom. The molecule has 0 radical (unpaired) electrons. The first-order chi connectivity index (χ1) is 26.0. The zero-order valence-electron chi connectivity index (χ0n) is 32.1. The average molecular weight is 724 g/mol. The van der Waals surface area contributed by atoms with Gasteiger partial charge in [0.15, 0.2) is 0 Å². The van der Waals surface area contributed by atoms with Crippen LogP contribution in [0, 0.1) is 6.92 Å². The third-order valence-corrected chi connectivity index (χ3v) is 11.1. The van der Waals surface area contributed by atoms with E-state index in [9.17, 15) is 14.4 Å². The van der Waals surface area contributed by atoms with Crippen molar-refractivity contribution < 1.29 is 19.1 Å². The number of carbonyl (C=O) groups is 3. The first-order valence-electron chi connectivity index (χ1n) is 18.7. The topological polar surface area (TPSA) is 78.3 Å². The molecule has 1 aromatic heterocycles. The molecular weight excluding hydrogens is 675 g/mol. The van der Waals surface area contributed by atoms with Gasteiger partial charge in [-0.05, 0) is 111 Å². The number of likely N-dealkylation sites (N-methyl/N-ethyl adjacent to an activating group) is 1. The Bertz CT molecular complexity index is 2210. The predicted molar refractivity (Wildman–Crippen MR) is 213 cm³/mol. The van der Waals surface area contributed by atoms with Crippen molar-refractivity contribution in [1.82, 2.24) is 19.3 Å². The van der Waals surface area contributed by atoms with Crippen molar-refractivity contribution in [2.75, 3.05) is 39.1 Å². The molecule has 0 spiro atoms. The number of amides is 3. The van der Waals surface area contributed by atoms with Crippen molar-refractivity contribution in [3.63, 3.8) is 0 Å². The van der Waals surface area contributed by atoms with Crippen LogP contribution in [0.2, 0.25) is 0 Å². The van der Waals surface area contributed by atoms with Gasteiger partial charge in [0.05, 0.1) is 5.56 Å². The van der Waals surface area contributed by atoms with E-state index in [0.717, 1.165) is 64.3 Å². The van der Waals surface area contributed by atoms with Crippen LogP contribution in [0.3, 0.4) is 0 Å². The summed E-state index contributed by atoms with van der Waals surface area (Å²) in [4.78, 5) is 49.9. The van der Waals surface area contributed by atoms with Crippen LogP contribution in [0.4, 0.5) is 10.5 Å². The molecule has 9 nitrogen and oxygen atoms in total. The van der Waals surface area contributed by atoms with Crippen LogP contribution in [0.25, 0.3) is 11.3 Å². The fourth-order valence-electron chi connectivity index (χ4n) is 7.70. The number of anilines is 1. The number of hydrogen-bond donors (Lipinski definition) is 0. The largest absolute Gasteiger partial charge is 0.415 e. The van der Waals surface area contributed by atoms with Crippen molar-refractivity contribution >= 4 is 23.6 Å². The van der Waals surface area contributed by atoms with Crippen LogP contribution in [0.5, 0.6) is 5.75 Å². The summed E-state index contributed by atoms with van der Waals surface area (Å²) in [5.41, 5.74) is 9.71. The zero-order chi connectivity index (χ0) is 38.1. The highest BCUT2D eigenvalue weighted by atomic mass is 16.6. The van der Waals surface area contributed by atoms with E-state index < -0.39 is 6.09 Å². The van der Waals surface area contributed by atoms with E-state index in [1.807, 2.05) is 110 Å². The highest BCUT2D eigenvalue weighted by Crippen LogP contribution is 2.36. The second kappa shape index (κ2) is 15.4. The van der Waals surface area contributed by atoms with E-state index in [1.165, 1.54) is 5.56 Å². The second-order valence-electron chi connectivity index (χ2n) is 14.9. The number of aromatic nitrogens is 1. The summed E-state index contributed by atoms with van der Waals surface area (Å²) in [6.07, 6.45) is 1.74. The van der Waals surface area contributed by atoms with Crippen LogP contribution in [-0.4, -0.2) is 77.4 Å². The lowest BCUT2D eigenvalue weighted by atomic mass is 9.90. The van der Waals surface area contributed by atoms with Gasteiger partial charge in [0.2, 0.25) is 0 Å². The van der Waals surface area contributed by atoms with E-state index in [0.29, 0.717) is 42.9 Å². The quantitative estimate of drug-likeness (QED) is 0.166. The molecule has 0 unspecified atom stereocenters. The van der Waals surface area contributed by atoms with Gasteiger partial charge in [-0.25, -0.2) is 4.79 Å². The predicted octanol–water partition coefficient (Wildman–Crippen LogP) is 7.53. The molecule has 5 aromatic rings. The van der Waals surface area contributed by atoms with Gasteiger partial charge in [-0.1, -0.05) is 60.7 Å². The summed E-state index contributed by atoms with van der Waals surface area (Å²) >= 11 is 0. The van der Waals surface area contributed by atoms with E-state index in [2.05, 4.69) is 36.1 Å². The zero-order valence-corrected chi connectivity index (χ0v) is 32.1. The number of hydrogen-bond acceptors (Lipinski definition) is 5. The number of para-hydroxylation sites is 2. The molecule has 2 aliphatic heterocycles. The molecule has 54 heavy (non-hydrogen) atoms. The number of fused-ring (bicyclic) bond motifs is 2. The van der Waals surface area contributed by atoms with Gasteiger partial charge in [-0.15, -0.1) is 0 Å². The van der Waals surface area contributed by atoms with Gasteiger partial charge in [-0.3, -0.25) is 9.59 Å². The summed E-state index contributed by atoms with van der Waals surface area (Å²) in [6, 6.07) is 31.6. The Balaban J connectivity index is 1.24. The lowest BCUT2D eigenvalue weighted by molar-refractivity contribution is 0.0658. The Morgan fingerprint density at radius 1 is 0.796 bits per heavy atom. The van der Waals surface area contributed by atoms with Crippen molar-refractivity contribution in [2.45, 2.75) is 52.2 Å². The lowest BCUT2D eigenvalue weighted by Crippen LogP contribution is -2.43. The minimum atomic E-state index is -0.403. The number of nitrogens with zero attached hydrogens (tertiary/aromatic N) is 5. The molecule has 9 heteroatoms. The summed E-state index contributed by atoms with van der Waals surface area (Å²) in [6.45, 7) is 6.20. The summed E-state index contributed by atoms with van der Waals surface area (Å²) < 4.78 is 8.02. The lowest BCUT2D eigenvalue weighted by Gasteiger charge is -2.36. The molecular formula is C45H49N5O4. The van der Waals surface area contributed by atoms with Crippen molar-refractivity contribution in [3.8, 4) is 17.0 Å². The molecule has 2 aliphatic rings. The molecule has 1 atom stereocenters. The molecule has 7 rings (SSSR count). The molecule has 0 saturated carbocycles. The first-order valence-corrected chi connectivity index (χ1v) is 18.7. The molecule has 3 amide bonds. The highest BCUT2D eigenvalue weighted by Gasteiger charge is 2.33. The average Bonchev–Trinajstić information content (AvgIpc) is 3.48. The van der Waals surface area contributed by atoms with Crippen molar-refractivity contribution in [3.05, 3.63) is 142 Å². The van der Waals surface area contributed by atoms with E-state index in [-0.39, 0.29) is 17.9 Å². The van der Waals surface area contributed by atoms with Crippen molar-refractivity contribution in [2.24, 2.45) is 7.05 Å². The first kappa shape index (κ1) is 36.7. The Kier molecular flexibility index (Phi) is 10.4. The minimum Gasteiger partial charge on any atom is -0.410 e. The summed E-state index contributed by atoms with van der Waals surface area (Å²) in [5, 5.41) is 0. The fraction of sp³-hybridized carbons (Fsp3) is 0.311. The normalized spacial score (nSPS) is 15.1. The molecule has 3 heterocycles. The van der Waals surface area contributed by atoms with Crippen molar-refractivity contribution in [1.29, 1.82) is 0 Å². The van der Waals surface area contributed by atoms with Gasteiger partial charge in [0, 0.05) is 74.5 Å². The van der Waals surface area contributed by atoms with Gasteiger partial charge in [0.25, 0.3) is 11.8 Å². The van der Waals surface area contributed by atoms with E-state index in [1.54, 1.807) is 16.8 Å². The fourth-order valence-corrected chi connectivity index (χ4v) is 7.70. The maximum absolute atomic E-state index is 14.9. The third kappa shape index (κ3) is 7.28. The Labute approximate surface area is 318 Å². The molecule has 0 saturated heterocycles. The van der Waals surface area contributed by atoms with E-state index >= 15 is 0 Å². The standard InChI is InChI=1S/C45H49N5O4/c1-30-24-33-15-10-11-16-35(33)29-50(30)44(52)40-26-36-28-49(45(53)54-42-19-13-12-14-32(42)20-22-46(3)4)23-21-34(36)25-39(40)41-27-38(31(2)47(41)5)43(51)48(6)37-17-8-7-9-18-37/h7-19,25-27,30H,20-24,28-29H2,1-6H3/t30-/m1/s1. The van der Waals surface area contributed by atoms with Crippen LogP contribution in [0.15, 0.2) is 97.1 Å². The highest BCUT2D eigenvalue weighted by molar-refractivity contribution is 6.08. The van der Waals surface area contributed by atoms with Gasteiger partial charge in [-0.2, -0.15) is 0 Å². The number of carbonyl (C=O) groups excluding carboxylic acids is 3. The smallest absolute Gasteiger partial charge is 0.410 e. The molecule has 0 N–H and O–H groups in total. The third-order valence-electron chi connectivity index (χ3n) is 11.1. The Morgan fingerprint density at radius 2 is 1.50 bits per heavy atom. The monoisotopic (exact) mass is 723 g/mol. The summed E-state index contributed by atoms with van der Waals surface area (Å²) in [7, 11) is 7.78. The minimum absolute atomic E-state index is 0.0119. The van der Waals surface area contributed by atoms with Gasteiger partial charge in [0.1, 0.15) is 5.75 Å². The maximum atomic E-state index is 14.9.